The van der Waals surface area contributed by atoms with Gasteiger partial charge in [0.1, 0.15) is 0 Å². The summed E-state index contributed by atoms with van der Waals surface area (Å²) in [6.45, 7) is 4.91. The number of rotatable bonds is 4. The van der Waals surface area contributed by atoms with E-state index in [1.54, 1.807) is 38.6 Å². The Morgan fingerprint density at radius 1 is 1.29 bits per heavy atom. The average molecular weight is 471 g/mol. The molecule has 31 heavy (non-hydrogen) atoms. The fraction of sp³-hybridized carbons (Fsp3) is 0.348. The summed E-state index contributed by atoms with van der Waals surface area (Å²) in [6, 6.07) is 8.20. The predicted molar refractivity (Wildman–Crippen MR) is 128 cm³/mol. The molecular weight excluding hydrogens is 448 g/mol. The molecule has 3 aromatic heterocycles. The van der Waals surface area contributed by atoms with Crippen LogP contribution in [0.15, 0.2) is 51.9 Å². The Morgan fingerprint density at radius 3 is 2.77 bits per heavy atom. The first kappa shape index (κ1) is 20.7. The molecule has 0 spiro atoms. The molecule has 0 saturated heterocycles. The largest absolute Gasteiger partial charge is 0.296 e. The van der Waals surface area contributed by atoms with Gasteiger partial charge in [0.05, 0.1) is 16.8 Å². The van der Waals surface area contributed by atoms with Crippen LogP contribution in [0.25, 0.3) is 6.08 Å². The van der Waals surface area contributed by atoms with Gasteiger partial charge < -0.3 is 0 Å². The number of allylic oxidation sites excluding steroid dienone is 1. The van der Waals surface area contributed by atoms with E-state index in [9.17, 15) is 4.79 Å². The van der Waals surface area contributed by atoms with Crippen LogP contribution in [0.2, 0.25) is 5.02 Å². The molecule has 1 fully saturated rings. The molecule has 1 aliphatic heterocycles. The van der Waals surface area contributed by atoms with E-state index in [4.69, 9.17) is 16.7 Å². The van der Waals surface area contributed by atoms with E-state index in [1.807, 2.05) is 13.0 Å². The average Bonchev–Trinajstić information content (AvgIpc) is 3.53. The number of hydrazone groups is 1. The van der Waals surface area contributed by atoms with Crippen LogP contribution < -0.4 is 0 Å². The predicted octanol–water partition coefficient (Wildman–Crippen LogP) is 6.36. The topological polar surface area (TPSA) is 50.5 Å². The lowest BCUT2D eigenvalue weighted by molar-refractivity contribution is 0.0673. The van der Waals surface area contributed by atoms with Crippen LogP contribution in [0.5, 0.6) is 0 Å². The van der Waals surface area contributed by atoms with E-state index in [0.29, 0.717) is 17.5 Å². The van der Waals surface area contributed by atoms with Crippen molar-refractivity contribution < 1.29 is 4.79 Å². The monoisotopic (exact) mass is 470 g/mol. The van der Waals surface area contributed by atoms with Crippen LogP contribution in [0.1, 0.15) is 53.0 Å². The van der Waals surface area contributed by atoms with E-state index in [0.717, 1.165) is 23.4 Å². The Kier molecular flexibility index (Phi) is 5.58. The zero-order valence-corrected chi connectivity index (χ0v) is 19.8. The second-order valence-corrected chi connectivity index (χ2v) is 10.5. The van der Waals surface area contributed by atoms with Crippen molar-refractivity contribution in [2.45, 2.75) is 39.3 Å². The SMILES string of the molecule is CCn1cc(Cl)c(C(=O)N2N=C3/C(=C/c4cccs4)C[C@@H](C)C[C@H]3[C@H]2c2cccs2)n1. The molecule has 0 aromatic carbocycles. The van der Waals surface area contributed by atoms with Gasteiger partial charge in [-0.2, -0.15) is 10.2 Å². The molecule has 3 atom stereocenters. The fourth-order valence-electron chi connectivity index (χ4n) is 4.55. The molecule has 5 nitrogen and oxygen atoms in total. The summed E-state index contributed by atoms with van der Waals surface area (Å²) in [6.07, 6.45) is 5.92. The number of thiophene rings is 2. The highest BCUT2D eigenvalue weighted by Gasteiger charge is 2.46. The first-order valence-corrected chi connectivity index (χ1v) is 12.6. The maximum Gasteiger partial charge on any atom is 0.296 e. The maximum atomic E-state index is 13.6. The highest BCUT2D eigenvalue weighted by atomic mass is 35.5. The summed E-state index contributed by atoms with van der Waals surface area (Å²) in [5.41, 5.74) is 2.53. The zero-order valence-electron chi connectivity index (χ0n) is 17.4. The number of fused-ring (bicyclic) bond motifs is 1. The van der Waals surface area contributed by atoms with Crippen molar-refractivity contribution in [1.82, 2.24) is 14.8 Å². The summed E-state index contributed by atoms with van der Waals surface area (Å²) in [5, 5.41) is 15.5. The molecule has 0 N–H and O–H groups in total. The first-order chi connectivity index (χ1) is 15.0. The van der Waals surface area contributed by atoms with Crippen molar-refractivity contribution in [2.24, 2.45) is 16.9 Å². The van der Waals surface area contributed by atoms with Gasteiger partial charge in [0.2, 0.25) is 0 Å². The molecule has 4 heterocycles. The smallest absolute Gasteiger partial charge is 0.271 e. The molecule has 1 aliphatic carbocycles. The molecule has 5 rings (SSSR count). The van der Waals surface area contributed by atoms with Gasteiger partial charge in [-0.1, -0.05) is 30.7 Å². The summed E-state index contributed by atoms with van der Waals surface area (Å²) in [4.78, 5) is 16.0. The number of hydrogen-bond donors (Lipinski definition) is 0. The van der Waals surface area contributed by atoms with Gasteiger partial charge >= 0.3 is 0 Å². The number of carbonyl (C=O) groups excluding carboxylic acids is 1. The Balaban J connectivity index is 1.59. The summed E-state index contributed by atoms with van der Waals surface area (Å²) >= 11 is 9.77. The second kappa shape index (κ2) is 8.37. The van der Waals surface area contributed by atoms with Gasteiger partial charge in [-0.3, -0.25) is 9.48 Å². The number of amides is 1. The molecule has 160 valence electrons. The van der Waals surface area contributed by atoms with Crippen LogP contribution in [0, 0.1) is 11.8 Å². The number of carbonyl (C=O) groups is 1. The van der Waals surface area contributed by atoms with Crippen LogP contribution in [-0.4, -0.2) is 26.4 Å². The Labute approximate surface area is 194 Å². The number of aryl methyl sites for hydroxylation is 1. The molecule has 0 radical (unpaired) electrons. The van der Waals surface area contributed by atoms with Crippen molar-refractivity contribution >= 4 is 52.0 Å². The molecule has 1 amide bonds. The van der Waals surface area contributed by atoms with Gasteiger partial charge in [0, 0.05) is 28.4 Å². The minimum Gasteiger partial charge on any atom is -0.271 e. The molecule has 1 saturated carbocycles. The van der Waals surface area contributed by atoms with E-state index >= 15 is 0 Å². The highest BCUT2D eigenvalue weighted by Crippen LogP contribution is 2.47. The summed E-state index contributed by atoms with van der Waals surface area (Å²) in [5.74, 6) is 0.459. The third-order valence-electron chi connectivity index (χ3n) is 5.91. The molecule has 0 unspecified atom stereocenters. The van der Waals surface area contributed by atoms with Crippen LogP contribution >= 0.6 is 34.3 Å². The number of aromatic nitrogens is 2. The number of hydrogen-bond acceptors (Lipinski definition) is 5. The Morgan fingerprint density at radius 2 is 2.10 bits per heavy atom. The van der Waals surface area contributed by atoms with Gasteiger partial charge in [-0.15, -0.1) is 22.7 Å². The maximum absolute atomic E-state index is 13.6. The first-order valence-electron chi connectivity index (χ1n) is 10.5. The van der Waals surface area contributed by atoms with Gasteiger partial charge in [0.25, 0.3) is 5.91 Å². The van der Waals surface area contributed by atoms with E-state index in [-0.39, 0.29) is 23.6 Å². The summed E-state index contributed by atoms with van der Waals surface area (Å²) < 4.78 is 1.69. The highest BCUT2D eigenvalue weighted by molar-refractivity contribution is 7.11. The normalized spacial score (nSPS) is 24.5. The minimum atomic E-state index is -0.236. The molecule has 0 bridgehead atoms. The van der Waals surface area contributed by atoms with E-state index in [1.165, 1.54) is 10.5 Å². The van der Waals surface area contributed by atoms with Crippen molar-refractivity contribution in [3.8, 4) is 0 Å². The fourth-order valence-corrected chi connectivity index (χ4v) is 6.34. The zero-order chi connectivity index (χ0) is 21.5. The van der Waals surface area contributed by atoms with Crippen molar-refractivity contribution in [2.75, 3.05) is 0 Å². The van der Waals surface area contributed by atoms with E-state index in [2.05, 4.69) is 47.1 Å². The van der Waals surface area contributed by atoms with Crippen LogP contribution in [-0.2, 0) is 6.54 Å². The molecule has 3 aromatic rings. The molecular formula is C23H23ClN4OS2. The van der Waals surface area contributed by atoms with Gasteiger partial charge in [0.15, 0.2) is 5.69 Å². The minimum absolute atomic E-state index is 0.125. The number of nitrogens with zero attached hydrogens (tertiary/aromatic N) is 4. The van der Waals surface area contributed by atoms with Crippen molar-refractivity contribution in [3.05, 3.63) is 67.3 Å². The molecule has 2 aliphatic rings. The quantitative estimate of drug-likeness (QED) is 0.445. The second-order valence-electron chi connectivity index (χ2n) is 8.11. The molecule has 8 heteroatoms. The lowest BCUT2D eigenvalue weighted by atomic mass is 9.74. The lowest BCUT2D eigenvalue weighted by Gasteiger charge is -2.31. The lowest BCUT2D eigenvalue weighted by Crippen LogP contribution is -2.33. The van der Waals surface area contributed by atoms with Crippen molar-refractivity contribution in [1.29, 1.82) is 0 Å². The summed E-state index contributed by atoms with van der Waals surface area (Å²) in [7, 11) is 0. The standard InChI is InChI=1S/C23H23ClN4OS2/c1-3-27-13-18(24)21(25-27)23(29)28-22(19-7-5-9-31-19)17-11-14(2)10-15(20(17)26-28)12-16-6-4-8-30-16/h4-9,12-14,17,22H,3,10-11H2,1-2H3/b15-12+/t14-,17-,22+/m1/s1. The van der Waals surface area contributed by atoms with E-state index < -0.39 is 0 Å². The van der Waals surface area contributed by atoms with Crippen LogP contribution in [0.4, 0.5) is 0 Å². The third-order valence-corrected chi connectivity index (χ3v) is 7.95. The van der Waals surface area contributed by atoms with Gasteiger partial charge in [-0.05, 0) is 60.2 Å². The van der Waals surface area contributed by atoms with Crippen LogP contribution in [0.3, 0.4) is 0 Å². The van der Waals surface area contributed by atoms with Gasteiger partial charge in [-0.25, -0.2) is 5.01 Å². The third kappa shape index (κ3) is 3.79. The Hall–Kier alpha value is -2.22. The number of halogens is 1. The van der Waals surface area contributed by atoms with Crippen molar-refractivity contribution in [3.63, 3.8) is 0 Å². The Bertz CT molecular complexity index is 1150.